The number of carbonyl (C=O) groups excluding carboxylic acids is 1. The number of benzene rings is 1. The minimum atomic E-state index is -1.19. The van der Waals surface area contributed by atoms with E-state index >= 15 is 0 Å². The van der Waals surface area contributed by atoms with Gasteiger partial charge in [0.05, 0.1) is 7.11 Å². The number of hydrogen-bond donors (Lipinski definition) is 1. The first kappa shape index (κ1) is 12.0. The molecule has 4 heteroatoms. The molecule has 0 saturated heterocycles. The first-order valence-corrected chi connectivity index (χ1v) is 4.63. The van der Waals surface area contributed by atoms with Crippen molar-refractivity contribution in [2.24, 2.45) is 0 Å². The normalized spacial score (nSPS) is 11.6. The molecule has 1 rings (SSSR count). The summed E-state index contributed by atoms with van der Waals surface area (Å²) in [6.45, 7) is 3.29. The lowest BCUT2D eigenvalue weighted by atomic mass is 9.95. The Balaban J connectivity index is 3.06. The van der Waals surface area contributed by atoms with Gasteiger partial charge >= 0.3 is 5.97 Å². The topological polar surface area (TPSA) is 63.6 Å². The van der Waals surface area contributed by atoms with E-state index in [9.17, 15) is 9.59 Å². The van der Waals surface area contributed by atoms with E-state index in [-0.39, 0.29) is 0 Å². The lowest BCUT2D eigenvalue weighted by Crippen LogP contribution is -2.19. The Hall–Kier alpha value is -2.10. The second kappa shape index (κ2) is 5.11. The Morgan fingerprint density at radius 3 is 2.31 bits per heavy atom. The van der Waals surface area contributed by atoms with E-state index in [1.54, 1.807) is 24.3 Å². The van der Waals surface area contributed by atoms with Crippen molar-refractivity contribution in [3.63, 3.8) is 0 Å². The van der Waals surface area contributed by atoms with Crippen LogP contribution in [0.4, 0.5) is 0 Å². The van der Waals surface area contributed by atoms with E-state index in [4.69, 9.17) is 9.84 Å². The maximum Gasteiger partial charge on any atom is 0.318 e. The quantitative estimate of drug-likeness (QED) is 0.605. The fourth-order valence-corrected chi connectivity index (χ4v) is 1.34. The van der Waals surface area contributed by atoms with Crippen LogP contribution in [0.25, 0.3) is 0 Å². The van der Waals surface area contributed by atoms with Gasteiger partial charge in [-0.2, -0.15) is 0 Å². The zero-order valence-corrected chi connectivity index (χ0v) is 8.84. The zero-order valence-electron chi connectivity index (χ0n) is 8.84. The summed E-state index contributed by atoms with van der Waals surface area (Å²) in [5.74, 6) is -2.30. The molecule has 1 unspecified atom stereocenters. The fraction of sp³-hybridized carbons (Fsp3) is 0.167. The van der Waals surface area contributed by atoms with Crippen molar-refractivity contribution in [1.82, 2.24) is 0 Å². The Kier molecular flexibility index (Phi) is 3.83. The summed E-state index contributed by atoms with van der Waals surface area (Å²) in [5.41, 5.74) is 0.415. The van der Waals surface area contributed by atoms with Crippen LogP contribution in [0.15, 0.2) is 36.9 Å². The second-order valence-corrected chi connectivity index (χ2v) is 3.15. The molecular formula is C12H12O4. The van der Waals surface area contributed by atoms with Gasteiger partial charge in [-0.1, -0.05) is 18.7 Å². The standard InChI is InChI=1S/C12H12O4/c1-3-10(13)11(12(14)15)8-4-6-9(16-2)7-5-8/h3-7,11H,1H2,2H3,(H,14,15). The number of aliphatic carboxylic acids is 1. The third-order valence-electron chi connectivity index (χ3n) is 2.18. The van der Waals surface area contributed by atoms with Gasteiger partial charge in [0.15, 0.2) is 5.78 Å². The molecule has 0 spiro atoms. The monoisotopic (exact) mass is 220 g/mol. The van der Waals surface area contributed by atoms with E-state index in [2.05, 4.69) is 6.58 Å². The first-order valence-electron chi connectivity index (χ1n) is 4.63. The number of carboxylic acids is 1. The summed E-state index contributed by atoms with van der Waals surface area (Å²) in [6, 6.07) is 6.33. The number of ether oxygens (including phenoxy) is 1. The average molecular weight is 220 g/mol. The van der Waals surface area contributed by atoms with Crippen molar-refractivity contribution in [2.75, 3.05) is 7.11 Å². The molecule has 0 saturated carbocycles. The average Bonchev–Trinajstić information content (AvgIpc) is 2.29. The van der Waals surface area contributed by atoms with Crippen molar-refractivity contribution in [3.05, 3.63) is 42.5 Å². The Morgan fingerprint density at radius 2 is 1.94 bits per heavy atom. The Morgan fingerprint density at radius 1 is 1.38 bits per heavy atom. The van der Waals surface area contributed by atoms with Gasteiger partial charge in [-0.3, -0.25) is 9.59 Å². The number of rotatable bonds is 5. The van der Waals surface area contributed by atoms with Crippen LogP contribution in [0.5, 0.6) is 5.75 Å². The van der Waals surface area contributed by atoms with Gasteiger partial charge in [-0.25, -0.2) is 0 Å². The summed E-state index contributed by atoms with van der Waals surface area (Å²) < 4.78 is 4.94. The van der Waals surface area contributed by atoms with Crippen LogP contribution in [0.3, 0.4) is 0 Å². The summed E-state index contributed by atoms with van der Waals surface area (Å²) in [5, 5.41) is 8.95. The van der Waals surface area contributed by atoms with Crippen molar-refractivity contribution in [2.45, 2.75) is 5.92 Å². The van der Waals surface area contributed by atoms with Crippen LogP contribution in [0.1, 0.15) is 11.5 Å². The Labute approximate surface area is 93.2 Å². The molecule has 1 N–H and O–H groups in total. The predicted molar refractivity (Wildman–Crippen MR) is 58.6 cm³/mol. The molecular weight excluding hydrogens is 208 g/mol. The van der Waals surface area contributed by atoms with E-state index in [1.807, 2.05) is 0 Å². The molecule has 1 aromatic carbocycles. The molecule has 0 heterocycles. The molecule has 0 bridgehead atoms. The third kappa shape index (κ3) is 2.48. The molecule has 1 atom stereocenters. The van der Waals surface area contributed by atoms with Crippen molar-refractivity contribution in [1.29, 1.82) is 0 Å². The highest BCUT2D eigenvalue weighted by Gasteiger charge is 2.25. The van der Waals surface area contributed by atoms with Crippen LogP contribution in [-0.2, 0) is 9.59 Å². The van der Waals surface area contributed by atoms with Gasteiger partial charge in [-0.05, 0) is 23.8 Å². The lowest BCUT2D eigenvalue weighted by molar-refractivity contribution is -0.141. The molecule has 16 heavy (non-hydrogen) atoms. The molecule has 0 aliphatic carbocycles. The molecule has 84 valence electrons. The summed E-state index contributed by atoms with van der Waals surface area (Å²) in [6.07, 6.45) is 1.02. The molecule has 0 fully saturated rings. The van der Waals surface area contributed by atoms with Gasteiger partial charge in [0.25, 0.3) is 0 Å². The van der Waals surface area contributed by atoms with Crippen LogP contribution in [0.2, 0.25) is 0 Å². The summed E-state index contributed by atoms with van der Waals surface area (Å²) >= 11 is 0. The Bertz CT molecular complexity index is 406. The van der Waals surface area contributed by atoms with Crippen LogP contribution < -0.4 is 4.74 Å². The number of ketones is 1. The fourth-order valence-electron chi connectivity index (χ4n) is 1.34. The van der Waals surface area contributed by atoms with Crippen LogP contribution in [0, 0.1) is 0 Å². The van der Waals surface area contributed by atoms with Gasteiger partial charge in [0, 0.05) is 0 Å². The van der Waals surface area contributed by atoms with Gasteiger partial charge in [0.2, 0.25) is 0 Å². The van der Waals surface area contributed by atoms with E-state index in [1.165, 1.54) is 7.11 Å². The molecule has 4 nitrogen and oxygen atoms in total. The number of carboxylic acid groups (broad SMARTS) is 1. The SMILES string of the molecule is C=CC(=O)C(C(=O)O)c1ccc(OC)cc1. The maximum absolute atomic E-state index is 11.4. The highest BCUT2D eigenvalue weighted by molar-refractivity contribution is 6.08. The number of hydrogen-bond acceptors (Lipinski definition) is 3. The van der Waals surface area contributed by atoms with Crippen molar-refractivity contribution < 1.29 is 19.4 Å². The zero-order chi connectivity index (χ0) is 12.1. The van der Waals surface area contributed by atoms with Gasteiger partial charge < -0.3 is 9.84 Å². The van der Waals surface area contributed by atoms with Gasteiger partial charge in [0.1, 0.15) is 11.7 Å². The molecule has 1 aromatic rings. The number of methoxy groups -OCH3 is 1. The molecule has 0 aromatic heterocycles. The van der Waals surface area contributed by atoms with Crippen molar-refractivity contribution in [3.8, 4) is 5.75 Å². The largest absolute Gasteiger partial charge is 0.497 e. The first-order chi connectivity index (χ1) is 7.60. The third-order valence-corrected chi connectivity index (χ3v) is 2.18. The predicted octanol–water partition coefficient (Wildman–Crippen LogP) is 1.62. The molecule has 0 aliphatic rings. The highest BCUT2D eigenvalue weighted by Crippen LogP contribution is 2.21. The highest BCUT2D eigenvalue weighted by atomic mass is 16.5. The minimum Gasteiger partial charge on any atom is -0.497 e. The summed E-state index contributed by atoms with van der Waals surface area (Å²) in [4.78, 5) is 22.3. The van der Waals surface area contributed by atoms with Crippen LogP contribution >= 0.6 is 0 Å². The number of allylic oxidation sites excluding steroid dienone is 1. The maximum atomic E-state index is 11.4. The van der Waals surface area contributed by atoms with Gasteiger partial charge in [-0.15, -0.1) is 0 Å². The molecule has 0 amide bonds. The van der Waals surface area contributed by atoms with Crippen molar-refractivity contribution >= 4 is 11.8 Å². The lowest BCUT2D eigenvalue weighted by Gasteiger charge is -2.09. The number of carbonyl (C=O) groups is 2. The second-order valence-electron chi connectivity index (χ2n) is 3.15. The molecule has 0 radical (unpaired) electrons. The van der Waals surface area contributed by atoms with Crippen LogP contribution in [-0.4, -0.2) is 24.0 Å². The smallest absolute Gasteiger partial charge is 0.318 e. The van der Waals surface area contributed by atoms with E-state index in [0.717, 1.165) is 6.08 Å². The van der Waals surface area contributed by atoms with E-state index < -0.39 is 17.7 Å². The minimum absolute atomic E-state index is 0.415. The van der Waals surface area contributed by atoms with E-state index in [0.29, 0.717) is 11.3 Å². The summed E-state index contributed by atoms with van der Waals surface area (Å²) in [7, 11) is 1.51. The molecule has 0 aliphatic heterocycles.